The number of carbonyl (C=O) groups excluding carboxylic acids is 1. The maximum Gasteiger partial charge on any atom is 0.251 e. The molecule has 1 amide bonds. The lowest BCUT2D eigenvalue weighted by molar-refractivity contribution is -0.138. The molecule has 2 aliphatic rings. The van der Waals surface area contributed by atoms with Crippen LogP contribution in [-0.4, -0.2) is 68.3 Å². The standard InChI is InChI=1S/C19H27N3O5S2/c1-3-26-17(27-4-2)9-10-20-18(23)13-5-7-14(8-6-13)21-19-22-15-11-29(24,25)12-16(15)28-19/h5-8,15-17H,3-4,9-12H2,1-2H3,(H,20,23)(H,21,22). The maximum absolute atomic E-state index is 12.3. The molecule has 0 spiro atoms. The summed E-state index contributed by atoms with van der Waals surface area (Å²) in [6.07, 6.45) is 0.276. The summed E-state index contributed by atoms with van der Waals surface area (Å²) in [6, 6.07) is 6.95. The Balaban J connectivity index is 1.47. The average molecular weight is 442 g/mol. The normalized spacial score (nSPS) is 22.4. The summed E-state index contributed by atoms with van der Waals surface area (Å²) in [5.74, 6) is 0.155. The van der Waals surface area contributed by atoms with Gasteiger partial charge in [0.25, 0.3) is 5.91 Å². The lowest BCUT2D eigenvalue weighted by Gasteiger charge is -2.17. The lowest BCUT2D eigenvalue weighted by atomic mass is 10.2. The van der Waals surface area contributed by atoms with Gasteiger partial charge in [0.15, 0.2) is 21.3 Å². The lowest BCUT2D eigenvalue weighted by Crippen LogP contribution is -2.29. The highest BCUT2D eigenvalue weighted by atomic mass is 32.2. The summed E-state index contributed by atoms with van der Waals surface area (Å²) in [6.45, 7) is 5.40. The number of nitrogens with zero attached hydrogens (tertiary/aromatic N) is 1. The predicted octanol–water partition coefficient (Wildman–Crippen LogP) is 1.89. The van der Waals surface area contributed by atoms with Crippen molar-refractivity contribution >= 4 is 38.4 Å². The van der Waals surface area contributed by atoms with Crippen molar-refractivity contribution in [3.63, 3.8) is 0 Å². The average Bonchev–Trinajstić information content (AvgIpc) is 3.15. The van der Waals surface area contributed by atoms with E-state index in [2.05, 4.69) is 15.6 Å². The Morgan fingerprint density at radius 1 is 1.21 bits per heavy atom. The zero-order valence-corrected chi connectivity index (χ0v) is 18.2. The molecule has 0 aromatic heterocycles. The number of hydrogen-bond donors (Lipinski definition) is 2. The maximum atomic E-state index is 12.3. The second-order valence-corrected chi connectivity index (χ2v) is 10.2. The van der Waals surface area contributed by atoms with Crippen LogP contribution in [0.4, 0.5) is 5.69 Å². The van der Waals surface area contributed by atoms with E-state index in [4.69, 9.17) is 9.47 Å². The van der Waals surface area contributed by atoms with Crippen LogP contribution in [0, 0.1) is 0 Å². The monoisotopic (exact) mass is 441 g/mol. The van der Waals surface area contributed by atoms with Gasteiger partial charge < -0.3 is 20.1 Å². The number of amides is 1. The summed E-state index contributed by atoms with van der Waals surface area (Å²) < 4.78 is 34.2. The van der Waals surface area contributed by atoms with Crippen molar-refractivity contribution in [2.75, 3.05) is 36.6 Å². The molecule has 2 atom stereocenters. The summed E-state index contributed by atoms with van der Waals surface area (Å²) >= 11 is 1.47. The number of anilines is 1. The zero-order valence-electron chi connectivity index (χ0n) is 16.6. The Kier molecular flexibility index (Phi) is 7.55. The van der Waals surface area contributed by atoms with E-state index in [1.54, 1.807) is 12.1 Å². The van der Waals surface area contributed by atoms with Crippen LogP contribution in [0.3, 0.4) is 0 Å². The quantitative estimate of drug-likeness (QED) is 0.564. The minimum absolute atomic E-state index is 0.00440. The number of carbonyl (C=O) groups is 1. The van der Waals surface area contributed by atoms with Crippen molar-refractivity contribution in [1.29, 1.82) is 0 Å². The predicted molar refractivity (Wildman–Crippen MR) is 115 cm³/mol. The van der Waals surface area contributed by atoms with Crippen molar-refractivity contribution < 1.29 is 22.7 Å². The molecular weight excluding hydrogens is 414 g/mol. The number of thioether (sulfide) groups is 1. The van der Waals surface area contributed by atoms with Gasteiger partial charge in [0.05, 0.1) is 17.5 Å². The van der Waals surface area contributed by atoms with Gasteiger partial charge >= 0.3 is 0 Å². The van der Waals surface area contributed by atoms with Gasteiger partial charge in [0, 0.05) is 42.7 Å². The largest absolute Gasteiger partial charge is 0.353 e. The number of sulfone groups is 1. The number of fused-ring (bicyclic) bond motifs is 1. The van der Waals surface area contributed by atoms with E-state index in [0.29, 0.717) is 31.7 Å². The van der Waals surface area contributed by atoms with Crippen molar-refractivity contribution in [2.45, 2.75) is 37.9 Å². The molecule has 2 unspecified atom stereocenters. The molecule has 2 aliphatic heterocycles. The van der Waals surface area contributed by atoms with Gasteiger partial charge in [-0.25, -0.2) is 8.42 Å². The fraction of sp³-hybridized carbons (Fsp3) is 0.579. The summed E-state index contributed by atoms with van der Waals surface area (Å²) in [5.41, 5.74) is 1.37. The molecule has 3 rings (SSSR count). The number of amidine groups is 1. The molecule has 29 heavy (non-hydrogen) atoms. The molecule has 1 saturated heterocycles. The Hall–Kier alpha value is -1.62. The van der Waals surface area contributed by atoms with Crippen LogP contribution >= 0.6 is 11.8 Å². The van der Waals surface area contributed by atoms with Gasteiger partial charge in [-0.2, -0.15) is 0 Å². The Morgan fingerprint density at radius 3 is 2.52 bits per heavy atom. The molecule has 1 aromatic rings. The molecule has 2 heterocycles. The highest BCUT2D eigenvalue weighted by molar-refractivity contribution is 8.15. The number of benzene rings is 1. The van der Waals surface area contributed by atoms with Crippen LogP contribution in [-0.2, 0) is 19.3 Å². The number of ether oxygens (including phenoxy) is 2. The highest BCUT2D eigenvalue weighted by Gasteiger charge is 2.42. The van der Waals surface area contributed by atoms with E-state index in [1.807, 2.05) is 26.0 Å². The van der Waals surface area contributed by atoms with Crippen LogP contribution in [0.5, 0.6) is 0 Å². The van der Waals surface area contributed by atoms with Crippen molar-refractivity contribution in [1.82, 2.24) is 5.32 Å². The molecule has 10 heteroatoms. The molecular formula is C19H27N3O5S2. The third kappa shape index (κ3) is 6.18. The molecule has 0 saturated carbocycles. The summed E-state index contributed by atoms with van der Waals surface area (Å²) in [4.78, 5) is 16.8. The second-order valence-electron chi connectivity index (χ2n) is 6.82. The fourth-order valence-corrected chi connectivity index (χ4v) is 6.91. The molecule has 0 aliphatic carbocycles. The van der Waals surface area contributed by atoms with E-state index in [0.717, 1.165) is 10.9 Å². The smallest absolute Gasteiger partial charge is 0.251 e. The zero-order chi connectivity index (χ0) is 20.9. The van der Waals surface area contributed by atoms with Crippen molar-refractivity contribution in [2.24, 2.45) is 4.99 Å². The van der Waals surface area contributed by atoms with Gasteiger partial charge in [-0.05, 0) is 38.1 Å². The van der Waals surface area contributed by atoms with E-state index in [9.17, 15) is 13.2 Å². The molecule has 0 radical (unpaired) electrons. The first-order chi connectivity index (χ1) is 13.9. The van der Waals surface area contributed by atoms with E-state index >= 15 is 0 Å². The van der Waals surface area contributed by atoms with Gasteiger partial charge in [0.1, 0.15) is 0 Å². The third-order valence-electron chi connectivity index (χ3n) is 4.59. The molecule has 1 aromatic carbocycles. The second kappa shape index (κ2) is 9.92. The van der Waals surface area contributed by atoms with Crippen molar-refractivity contribution in [3.05, 3.63) is 29.8 Å². The molecule has 2 N–H and O–H groups in total. The molecule has 8 nitrogen and oxygen atoms in total. The third-order valence-corrected chi connectivity index (χ3v) is 7.73. The Morgan fingerprint density at radius 2 is 1.90 bits per heavy atom. The van der Waals surface area contributed by atoms with Gasteiger partial charge in [0.2, 0.25) is 0 Å². The van der Waals surface area contributed by atoms with Gasteiger partial charge in [-0.1, -0.05) is 11.8 Å². The van der Waals surface area contributed by atoms with E-state index in [-0.39, 0.29) is 35.0 Å². The number of nitrogens with one attached hydrogen (secondary N) is 2. The first-order valence-electron chi connectivity index (χ1n) is 9.73. The van der Waals surface area contributed by atoms with Gasteiger partial charge in [-0.15, -0.1) is 0 Å². The van der Waals surface area contributed by atoms with Gasteiger partial charge in [-0.3, -0.25) is 9.79 Å². The Labute approximate surface area is 175 Å². The van der Waals surface area contributed by atoms with Crippen LogP contribution in [0.25, 0.3) is 0 Å². The van der Waals surface area contributed by atoms with Crippen LogP contribution < -0.4 is 10.6 Å². The van der Waals surface area contributed by atoms with Crippen molar-refractivity contribution in [3.8, 4) is 0 Å². The highest BCUT2D eigenvalue weighted by Crippen LogP contribution is 2.34. The van der Waals surface area contributed by atoms with Crippen LogP contribution in [0.15, 0.2) is 29.3 Å². The number of hydrogen-bond acceptors (Lipinski definition) is 8. The van der Waals surface area contributed by atoms with Crippen LogP contribution in [0.1, 0.15) is 30.6 Å². The topological polar surface area (TPSA) is 106 Å². The first-order valence-corrected chi connectivity index (χ1v) is 12.4. The number of aliphatic imine (C=N–C) groups is 1. The summed E-state index contributed by atoms with van der Waals surface area (Å²) in [5, 5.41) is 6.80. The molecule has 1 fully saturated rings. The van der Waals surface area contributed by atoms with E-state index < -0.39 is 9.84 Å². The molecule has 0 bridgehead atoms. The summed E-state index contributed by atoms with van der Waals surface area (Å²) in [7, 11) is -2.95. The Bertz CT molecular complexity index is 836. The SMILES string of the molecule is CCOC(CCNC(=O)c1ccc(NC2=NC3CS(=O)(=O)CC3S2)cc1)OCC. The fourth-order valence-electron chi connectivity index (χ4n) is 3.24. The first kappa shape index (κ1) is 22.1. The minimum atomic E-state index is -2.95. The van der Waals surface area contributed by atoms with Crippen LogP contribution in [0.2, 0.25) is 0 Å². The number of rotatable bonds is 9. The molecule has 160 valence electrons. The minimum Gasteiger partial charge on any atom is -0.353 e. The van der Waals surface area contributed by atoms with E-state index in [1.165, 1.54) is 11.8 Å².